The zero-order valence-electron chi connectivity index (χ0n) is 18.7. The quantitative estimate of drug-likeness (QED) is 0.257. The summed E-state index contributed by atoms with van der Waals surface area (Å²) in [6.07, 6.45) is -3.04. The maximum Gasteiger partial charge on any atom is 0.407 e. The molecule has 2 heterocycles. The minimum atomic E-state index is -4.75. The highest BCUT2D eigenvalue weighted by atomic mass is 32.1. The van der Waals surface area contributed by atoms with Crippen molar-refractivity contribution in [3.8, 4) is 11.5 Å². The van der Waals surface area contributed by atoms with Gasteiger partial charge in [-0.05, 0) is 56.8 Å². The average Bonchev–Trinajstić information content (AvgIpc) is 3.25. The second kappa shape index (κ2) is 8.78. The molecule has 0 spiro atoms. The molecule has 7 nitrogen and oxygen atoms in total. The highest BCUT2D eigenvalue weighted by Crippen LogP contribution is 2.41. The predicted octanol–water partition coefficient (Wildman–Crippen LogP) is 5.89. The zero-order valence-corrected chi connectivity index (χ0v) is 19.5. The highest BCUT2D eigenvalue weighted by molar-refractivity contribution is 7.80. The fourth-order valence-electron chi connectivity index (χ4n) is 3.92. The number of halogens is 3. The van der Waals surface area contributed by atoms with Crippen molar-refractivity contribution in [2.24, 2.45) is 0 Å². The van der Waals surface area contributed by atoms with Gasteiger partial charge in [0.1, 0.15) is 23.1 Å². The lowest BCUT2D eigenvalue weighted by Crippen LogP contribution is -2.44. The summed E-state index contributed by atoms with van der Waals surface area (Å²) in [7, 11) is 0. The molecular weight excluding hydrogens is 483 g/mol. The number of hydrogen-bond acceptors (Lipinski definition) is 5. The molecule has 1 aliphatic rings. The largest absolute Gasteiger partial charge is 0.504 e. The van der Waals surface area contributed by atoms with E-state index in [-0.39, 0.29) is 23.2 Å². The summed E-state index contributed by atoms with van der Waals surface area (Å²) < 4.78 is 51.3. The number of ether oxygens (including phenoxy) is 1. The summed E-state index contributed by atoms with van der Waals surface area (Å²) in [6, 6.07) is 8.13. The van der Waals surface area contributed by atoms with E-state index in [2.05, 4.69) is 4.85 Å². The molecule has 0 bridgehead atoms. The van der Waals surface area contributed by atoms with E-state index >= 15 is 0 Å². The Kier molecular flexibility index (Phi) is 6.11. The van der Waals surface area contributed by atoms with Gasteiger partial charge < -0.3 is 19.2 Å². The van der Waals surface area contributed by atoms with Gasteiger partial charge in [0.25, 0.3) is 5.91 Å². The molecule has 182 valence electrons. The SMILES string of the molecule is [C-]#[N+]c1ccc(N2C(=O)C(C)(C)N(CCCOc3ccc4c(O)coc4c3)C2=S)cc1C(F)(F)F. The van der Waals surface area contributed by atoms with E-state index in [9.17, 15) is 23.1 Å². The number of thiocarbonyl (C=S) groups is 1. The average molecular weight is 504 g/mol. The van der Waals surface area contributed by atoms with Gasteiger partial charge in [0.2, 0.25) is 0 Å². The Morgan fingerprint density at radius 3 is 2.66 bits per heavy atom. The molecule has 11 heteroatoms. The van der Waals surface area contributed by atoms with Gasteiger partial charge in [-0.25, -0.2) is 4.85 Å². The van der Waals surface area contributed by atoms with Gasteiger partial charge in [0.15, 0.2) is 16.5 Å². The molecular formula is C24H20F3N3O4S. The molecule has 0 saturated carbocycles. The smallest absolute Gasteiger partial charge is 0.407 e. The minimum Gasteiger partial charge on any atom is -0.504 e. The molecule has 3 aromatic rings. The lowest BCUT2D eigenvalue weighted by molar-refractivity contribution is -0.136. The summed E-state index contributed by atoms with van der Waals surface area (Å²) in [5.74, 6) is 0.110. The number of furan rings is 1. The number of rotatable bonds is 6. The molecule has 0 atom stereocenters. The van der Waals surface area contributed by atoms with Crippen LogP contribution in [0.15, 0.2) is 47.1 Å². The number of amides is 1. The van der Waals surface area contributed by atoms with Crippen molar-refractivity contribution >= 4 is 45.6 Å². The first kappa shape index (κ1) is 24.3. The van der Waals surface area contributed by atoms with Gasteiger partial charge in [0.05, 0.1) is 24.1 Å². The molecule has 0 radical (unpaired) electrons. The highest BCUT2D eigenvalue weighted by Gasteiger charge is 2.49. The lowest BCUT2D eigenvalue weighted by atomic mass is 10.0. The van der Waals surface area contributed by atoms with Crippen molar-refractivity contribution in [3.63, 3.8) is 0 Å². The van der Waals surface area contributed by atoms with E-state index in [0.717, 1.165) is 17.0 Å². The third-order valence-corrected chi connectivity index (χ3v) is 6.21. The molecule has 35 heavy (non-hydrogen) atoms. The Hall–Kier alpha value is -3.78. The van der Waals surface area contributed by atoms with E-state index in [0.29, 0.717) is 29.7 Å². The van der Waals surface area contributed by atoms with E-state index in [4.69, 9.17) is 27.9 Å². The Labute approximate surface area is 204 Å². The van der Waals surface area contributed by atoms with Gasteiger partial charge in [-0.15, -0.1) is 0 Å². The van der Waals surface area contributed by atoms with Crippen molar-refractivity contribution in [3.05, 3.63) is 59.6 Å². The first-order chi connectivity index (χ1) is 16.4. The van der Waals surface area contributed by atoms with Crippen LogP contribution in [0.1, 0.15) is 25.8 Å². The standard InChI is InChI=1S/C24H20F3N3O4S/c1-23(2)21(32)30(14-5-8-18(28-3)17(11-14)24(25,26)27)22(35)29(23)9-4-10-33-15-6-7-16-19(31)13-34-20(16)12-15/h5-8,11-13,31H,4,9-10H2,1-2H3. The van der Waals surface area contributed by atoms with Crippen molar-refractivity contribution in [1.82, 2.24) is 4.90 Å². The van der Waals surface area contributed by atoms with Crippen molar-refractivity contribution in [2.75, 3.05) is 18.1 Å². The molecule has 1 fully saturated rings. The molecule has 1 aliphatic heterocycles. The van der Waals surface area contributed by atoms with E-state index in [1.54, 1.807) is 36.9 Å². The zero-order chi connectivity index (χ0) is 25.5. The van der Waals surface area contributed by atoms with Crippen LogP contribution in [0.2, 0.25) is 0 Å². The summed E-state index contributed by atoms with van der Waals surface area (Å²) in [5, 5.41) is 10.3. The summed E-state index contributed by atoms with van der Waals surface area (Å²) in [6.45, 7) is 10.9. The normalized spacial score (nSPS) is 15.7. The Balaban J connectivity index is 1.47. The number of alkyl halides is 3. The number of benzene rings is 2. The Morgan fingerprint density at radius 1 is 1.23 bits per heavy atom. The molecule has 1 N–H and O–H groups in total. The van der Waals surface area contributed by atoms with Crippen molar-refractivity contribution in [2.45, 2.75) is 32.0 Å². The molecule has 2 aromatic carbocycles. The number of anilines is 1. The fraction of sp³-hybridized carbons (Fsp3) is 0.292. The van der Waals surface area contributed by atoms with Crippen LogP contribution in [0.3, 0.4) is 0 Å². The van der Waals surface area contributed by atoms with Gasteiger partial charge in [-0.2, -0.15) is 13.2 Å². The van der Waals surface area contributed by atoms with Gasteiger partial charge in [-0.3, -0.25) is 9.69 Å². The van der Waals surface area contributed by atoms with Crippen LogP contribution in [-0.4, -0.2) is 39.7 Å². The van der Waals surface area contributed by atoms with Crippen LogP contribution >= 0.6 is 12.2 Å². The number of carbonyl (C=O) groups excluding carboxylic acids is 1. The third kappa shape index (κ3) is 4.37. The van der Waals surface area contributed by atoms with E-state index in [1.807, 2.05) is 0 Å². The number of nitrogens with zero attached hydrogens (tertiary/aromatic N) is 3. The molecule has 1 amide bonds. The fourth-order valence-corrected chi connectivity index (χ4v) is 4.43. The number of hydrogen-bond donors (Lipinski definition) is 1. The number of aromatic hydroxyl groups is 1. The van der Waals surface area contributed by atoms with Crippen LogP contribution < -0.4 is 9.64 Å². The Bertz CT molecular complexity index is 1360. The van der Waals surface area contributed by atoms with Crippen LogP contribution in [0, 0.1) is 6.57 Å². The number of carbonyl (C=O) groups is 1. The van der Waals surface area contributed by atoms with E-state index < -0.39 is 28.9 Å². The summed E-state index contributed by atoms with van der Waals surface area (Å²) in [5.41, 5.74) is -2.31. The summed E-state index contributed by atoms with van der Waals surface area (Å²) in [4.78, 5) is 18.8. The van der Waals surface area contributed by atoms with Gasteiger partial charge in [0, 0.05) is 18.3 Å². The maximum absolute atomic E-state index is 13.4. The second-order valence-electron chi connectivity index (χ2n) is 8.43. The summed E-state index contributed by atoms with van der Waals surface area (Å²) >= 11 is 5.48. The van der Waals surface area contributed by atoms with Crippen LogP contribution in [0.5, 0.6) is 11.5 Å². The minimum absolute atomic E-state index is 0.0385. The van der Waals surface area contributed by atoms with Crippen LogP contribution in [0.4, 0.5) is 24.5 Å². The number of fused-ring (bicyclic) bond motifs is 1. The van der Waals surface area contributed by atoms with E-state index in [1.165, 1.54) is 12.3 Å². The monoisotopic (exact) mass is 503 g/mol. The molecule has 0 unspecified atom stereocenters. The lowest BCUT2D eigenvalue weighted by Gasteiger charge is -2.29. The first-order valence-electron chi connectivity index (χ1n) is 10.5. The third-order valence-electron chi connectivity index (χ3n) is 5.81. The Morgan fingerprint density at radius 2 is 1.97 bits per heavy atom. The van der Waals surface area contributed by atoms with Gasteiger partial charge in [-0.1, -0.05) is 6.07 Å². The molecule has 4 rings (SSSR count). The van der Waals surface area contributed by atoms with Crippen LogP contribution in [-0.2, 0) is 11.0 Å². The van der Waals surface area contributed by atoms with Crippen molar-refractivity contribution in [1.29, 1.82) is 0 Å². The predicted molar refractivity (Wildman–Crippen MR) is 127 cm³/mol. The topological polar surface area (TPSA) is 70.5 Å². The molecule has 0 aliphatic carbocycles. The van der Waals surface area contributed by atoms with Crippen LogP contribution in [0.25, 0.3) is 15.8 Å². The molecule has 1 aromatic heterocycles. The maximum atomic E-state index is 13.4. The van der Waals surface area contributed by atoms with Crippen molar-refractivity contribution < 1.29 is 32.2 Å². The first-order valence-corrected chi connectivity index (χ1v) is 10.9. The second-order valence-corrected chi connectivity index (χ2v) is 8.79. The molecule has 1 saturated heterocycles. The van der Waals surface area contributed by atoms with Gasteiger partial charge >= 0.3 is 6.18 Å².